The summed E-state index contributed by atoms with van der Waals surface area (Å²) in [5.74, 6) is -0.391. The van der Waals surface area contributed by atoms with E-state index in [4.69, 9.17) is 17.3 Å². The van der Waals surface area contributed by atoms with Gasteiger partial charge in [-0.05, 0) is 30.5 Å². The minimum Gasteiger partial charge on any atom is -0.327 e. The number of nitrogens with zero attached hydrogens (tertiary/aromatic N) is 1. The van der Waals surface area contributed by atoms with Crippen LogP contribution >= 0.6 is 11.6 Å². The second-order valence-corrected chi connectivity index (χ2v) is 5.77. The first-order chi connectivity index (χ1) is 9.45. The molecule has 2 atom stereocenters. The summed E-state index contributed by atoms with van der Waals surface area (Å²) in [4.78, 5) is 14.0. The minimum atomic E-state index is -0.528. The van der Waals surface area contributed by atoms with Gasteiger partial charge in [-0.2, -0.15) is 0 Å². The molecule has 2 unspecified atom stereocenters. The minimum absolute atomic E-state index is 0.154. The van der Waals surface area contributed by atoms with Crippen molar-refractivity contribution >= 4 is 23.2 Å². The smallest absolute Gasteiger partial charge is 0.238 e. The number of amides is 1. The Bertz CT molecular complexity index is 497. The lowest BCUT2D eigenvalue weighted by Crippen LogP contribution is -2.48. The van der Waals surface area contributed by atoms with E-state index in [1.165, 1.54) is 12.1 Å². The van der Waals surface area contributed by atoms with Crippen molar-refractivity contribution in [3.63, 3.8) is 0 Å². The van der Waals surface area contributed by atoms with E-state index in [2.05, 4.69) is 12.2 Å². The number of hydrogen-bond donors (Lipinski definition) is 2. The number of piperidine rings is 1. The van der Waals surface area contributed by atoms with Crippen LogP contribution in [0.25, 0.3) is 0 Å². The highest BCUT2D eigenvalue weighted by molar-refractivity contribution is 6.30. The number of anilines is 1. The standard InChI is InChI=1S/C14H19ClFN3O/c1-9-7-19(5-4-12(9)17)8-14(20)18-13-3-2-10(15)6-11(13)16/h2-3,6,9,12H,4-5,7-8,17H2,1H3,(H,18,20). The van der Waals surface area contributed by atoms with Crippen LogP contribution < -0.4 is 11.1 Å². The maximum absolute atomic E-state index is 13.6. The van der Waals surface area contributed by atoms with E-state index in [9.17, 15) is 9.18 Å². The Balaban J connectivity index is 1.89. The van der Waals surface area contributed by atoms with Gasteiger partial charge in [0.25, 0.3) is 0 Å². The fourth-order valence-corrected chi connectivity index (χ4v) is 2.54. The van der Waals surface area contributed by atoms with Gasteiger partial charge in [0.1, 0.15) is 5.82 Å². The van der Waals surface area contributed by atoms with E-state index in [1.807, 2.05) is 4.90 Å². The molecule has 1 aliphatic heterocycles. The van der Waals surface area contributed by atoms with Gasteiger partial charge in [0.2, 0.25) is 5.91 Å². The molecule has 0 bridgehead atoms. The number of halogens is 2. The molecule has 3 N–H and O–H groups in total. The van der Waals surface area contributed by atoms with Crippen LogP contribution in [-0.2, 0) is 4.79 Å². The summed E-state index contributed by atoms with van der Waals surface area (Å²) >= 11 is 5.67. The van der Waals surface area contributed by atoms with Crippen molar-refractivity contribution in [3.05, 3.63) is 29.0 Å². The number of carbonyl (C=O) groups excluding carboxylic acids is 1. The molecule has 1 aliphatic rings. The van der Waals surface area contributed by atoms with E-state index in [-0.39, 0.29) is 24.2 Å². The van der Waals surface area contributed by atoms with Crippen molar-refractivity contribution in [1.82, 2.24) is 4.90 Å². The summed E-state index contributed by atoms with van der Waals surface area (Å²) in [6, 6.07) is 4.38. The third-order valence-corrected chi connectivity index (χ3v) is 3.86. The molecule has 110 valence electrons. The maximum atomic E-state index is 13.6. The normalized spacial score (nSPS) is 23.6. The molecular formula is C14H19ClFN3O. The van der Waals surface area contributed by atoms with E-state index in [1.54, 1.807) is 6.07 Å². The summed E-state index contributed by atoms with van der Waals surface area (Å²) in [5.41, 5.74) is 6.09. The summed E-state index contributed by atoms with van der Waals surface area (Å²) in [5, 5.41) is 2.87. The highest BCUT2D eigenvalue weighted by Gasteiger charge is 2.24. The van der Waals surface area contributed by atoms with Gasteiger partial charge in [-0.15, -0.1) is 0 Å². The lowest BCUT2D eigenvalue weighted by Gasteiger charge is -2.34. The van der Waals surface area contributed by atoms with Crippen molar-refractivity contribution in [2.75, 3.05) is 25.0 Å². The van der Waals surface area contributed by atoms with Crippen LogP contribution in [0.5, 0.6) is 0 Å². The molecule has 1 heterocycles. The predicted molar refractivity (Wildman–Crippen MR) is 78.2 cm³/mol. The van der Waals surface area contributed by atoms with Gasteiger partial charge < -0.3 is 11.1 Å². The number of nitrogens with two attached hydrogens (primary N) is 1. The Morgan fingerprint density at radius 2 is 2.35 bits per heavy atom. The molecule has 0 spiro atoms. The Morgan fingerprint density at radius 1 is 1.60 bits per heavy atom. The number of rotatable bonds is 3. The lowest BCUT2D eigenvalue weighted by atomic mass is 9.95. The molecule has 6 heteroatoms. The van der Waals surface area contributed by atoms with Gasteiger partial charge in [0.15, 0.2) is 0 Å². The highest BCUT2D eigenvalue weighted by atomic mass is 35.5. The van der Waals surface area contributed by atoms with Gasteiger partial charge in [-0.3, -0.25) is 9.69 Å². The summed E-state index contributed by atoms with van der Waals surface area (Å²) in [7, 11) is 0. The lowest BCUT2D eigenvalue weighted by molar-refractivity contribution is -0.117. The molecule has 0 aromatic heterocycles. The Morgan fingerprint density at radius 3 is 3.00 bits per heavy atom. The average molecular weight is 300 g/mol. The second-order valence-electron chi connectivity index (χ2n) is 5.34. The topological polar surface area (TPSA) is 58.4 Å². The molecule has 20 heavy (non-hydrogen) atoms. The Labute approximate surface area is 123 Å². The summed E-state index contributed by atoms with van der Waals surface area (Å²) in [6.07, 6.45) is 0.879. The third-order valence-electron chi connectivity index (χ3n) is 3.63. The molecule has 0 saturated carbocycles. The van der Waals surface area contributed by atoms with Crippen molar-refractivity contribution in [2.45, 2.75) is 19.4 Å². The van der Waals surface area contributed by atoms with Crippen LogP contribution in [0, 0.1) is 11.7 Å². The molecule has 1 amide bonds. The molecule has 1 aromatic carbocycles. The van der Waals surface area contributed by atoms with Crippen LogP contribution in [0.15, 0.2) is 18.2 Å². The van der Waals surface area contributed by atoms with E-state index in [0.717, 1.165) is 19.5 Å². The van der Waals surface area contributed by atoms with E-state index < -0.39 is 5.82 Å². The molecule has 2 rings (SSSR count). The van der Waals surface area contributed by atoms with Crippen LogP contribution in [0.2, 0.25) is 5.02 Å². The molecule has 1 saturated heterocycles. The van der Waals surface area contributed by atoms with Crippen LogP contribution in [-0.4, -0.2) is 36.5 Å². The molecule has 0 aliphatic carbocycles. The molecular weight excluding hydrogens is 281 g/mol. The molecule has 1 aromatic rings. The summed E-state index contributed by atoms with van der Waals surface area (Å²) in [6.45, 7) is 3.91. The first-order valence-electron chi connectivity index (χ1n) is 6.68. The molecule has 0 radical (unpaired) electrons. The van der Waals surface area contributed by atoms with E-state index in [0.29, 0.717) is 10.9 Å². The quantitative estimate of drug-likeness (QED) is 0.898. The summed E-state index contributed by atoms with van der Waals surface area (Å²) < 4.78 is 13.6. The number of carbonyl (C=O) groups is 1. The van der Waals surface area contributed by atoms with Gasteiger partial charge in [0, 0.05) is 24.2 Å². The number of hydrogen-bond acceptors (Lipinski definition) is 3. The largest absolute Gasteiger partial charge is 0.327 e. The van der Waals surface area contributed by atoms with Crippen molar-refractivity contribution < 1.29 is 9.18 Å². The third kappa shape index (κ3) is 3.91. The number of likely N-dealkylation sites (tertiary alicyclic amines) is 1. The Hall–Kier alpha value is -1.17. The fraction of sp³-hybridized carbons (Fsp3) is 0.500. The van der Waals surface area contributed by atoms with Gasteiger partial charge in [0.05, 0.1) is 12.2 Å². The first-order valence-corrected chi connectivity index (χ1v) is 7.06. The maximum Gasteiger partial charge on any atom is 0.238 e. The number of nitrogens with one attached hydrogen (secondary N) is 1. The SMILES string of the molecule is CC1CN(CC(=O)Nc2ccc(Cl)cc2F)CCC1N. The zero-order valence-corrected chi connectivity index (χ0v) is 12.2. The average Bonchev–Trinajstić information content (AvgIpc) is 2.37. The van der Waals surface area contributed by atoms with Crippen LogP contribution in [0.3, 0.4) is 0 Å². The van der Waals surface area contributed by atoms with Gasteiger partial charge in [-0.1, -0.05) is 18.5 Å². The molecule has 4 nitrogen and oxygen atoms in total. The van der Waals surface area contributed by atoms with Crippen molar-refractivity contribution in [1.29, 1.82) is 0 Å². The zero-order chi connectivity index (χ0) is 14.7. The van der Waals surface area contributed by atoms with Crippen molar-refractivity contribution in [3.8, 4) is 0 Å². The highest BCUT2D eigenvalue weighted by Crippen LogP contribution is 2.19. The first kappa shape index (κ1) is 15.2. The Kier molecular flexibility index (Phi) is 4.96. The predicted octanol–water partition coefficient (Wildman–Crippen LogP) is 2.09. The molecule has 1 fully saturated rings. The van der Waals surface area contributed by atoms with Gasteiger partial charge in [-0.25, -0.2) is 4.39 Å². The second kappa shape index (κ2) is 6.52. The van der Waals surface area contributed by atoms with E-state index >= 15 is 0 Å². The number of benzene rings is 1. The zero-order valence-electron chi connectivity index (χ0n) is 11.4. The van der Waals surface area contributed by atoms with Gasteiger partial charge >= 0.3 is 0 Å². The van der Waals surface area contributed by atoms with Crippen LogP contribution in [0.1, 0.15) is 13.3 Å². The fourth-order valence-electron chi connectivity index (χ4n) is 2.38. The monoisotopic (exact) mass is 299 g/mol. The van der Waals surface area contributed by atoms with Crippen LogP contribution in [0.4, 0.5) is 10.1 Å². The van der Waals surface area contributed by atoms with Crippen molar-refractivity contribution in [2.24, 2.45) is 11.7 Å².